The van der Waals surface area contributed by atoms with E-state index < -0.39 is 11.6 Å². The van der Waals surface area contributed by atoms with Crippen LogP contribution in [0.4, 0.5) is 14.5 Å². The van der Waals surface area contributed by atoms with Gasteiger partial charge in [0.1, 0.15) is 5.82 Å². The van der Waals surface area contributed by atoms with Crippen LogP contribution in [0.25, 0.3) is 0 Å². The molecule has 0 radical (unpaired) electrons. The molecule has 18 heavy (non-hydrogen) atoms. The van der Waals surface area contributed by atoms with E-state index in [0.29, 0.717) is 6.54 Å². The Labute approximate surface area is 111 Å². The second-order valence-electron chi connectivity index (χ2n) is 4.57. The first kappa shape index (κ1) is 13.6. The first-order chi connectivity index (χ1) is 8.66. The summed E-state index contributed by atoms with van der Waals surface area (Å²) in [6.07, 6.45) is 3.46. The maximum atomic E-state index is 13.4. The standard InChI is InChI=1S/C13H17ClF2N2/c14-11-8-10(15)9-12(16)13(11)17-4-3-7-18-5-1-2-6-18/h8-9,17H,1-7H2. The van der Waals surface area contributed by atoms with E-state index in [-0.39, 0.29) is 10.7 Å². The summed E-state index contributed by atoms with van der Waals surface area (Å²) in [4.78, 5) is 2.39. The Morgan fingerprint density at radius 1 is 1.22 bits per heavy atom. The molecule has 0 atom stereocenters. The van der Waals surface area contributed by atoms with Crippen molar-refractivity contribution in [1.29, 1.82) is 0 Å². The van der Waals surface area contributed by atoms with Gasteiger partial charge >= 0.3 is 0 Å². The van der Waals surface area contributed by atoms with Crippen molar-refractivity contribution in [3.8, 4) is 0 Å². The molecular formula is C13H17ClF2N2. The molecule has 100 valence electrons. The first-order valence-corrected chi connectivity index (χ1v) is 6.65. The molecule has 1 heterocycles. The van der Waals surface area contributed by atoms with Crippen LogP contribution in [0.2, 0.25) is 5.02 Å². The molecule has 1 aliphatic heterocycles. The van der Waals surface area contributed by atoms with Crippen LogP contribution in [0, 0.1) is 11.6 Å². The van der Waals surface area contributed by atoms with Crippen LogP contribution in [-0.2, 0) is 0 Å². The molecule has 1 aromatic rings. The Bertz CT molecular complexity index is 383. The third-order valence-corrected chi connectivity index (χ3v) is 3.46. The fourth-order valence-corrected chi connectivity index (χ4v) is 2.49. The van der Waals surface area contributed by atoms with Gasteiger partial charge < -0.3 is 10.2 Å². The molecule has 0 aromatic heterocycles. The molecule has 1 aliphatic rings. The van der Waals surface area contributed by atoms with E-state index in [2.05, 4.69) is 10.2 Å². The van der Waals surface area contributed by atoms with Crippen molar-refractivity contribution in [2.24, 2.45) is 0 Å². The second kappa shape index (κ2) is 6.34. The lowest BCUT2D eigenvalue weighted by Crippen LogP contribution is -2.22. The highest BCUT2D eigenvalue weighted by molar-refractivity contribution is 6.33. The van der Waals surface area contributed by atoms with Gasteiger partial charge in [0.25, 0.3) is 0 Å². The quantitative estimate of drug-likeness (QED) is 0.827. The minimum Gasteiger partial charge on any atom is -0.381 e. The Morgan fingerprint density at radius 2 is 1.94 bits per heavy atom. The molecule has 0 unspecified atom stereocenters. The van der Waals surface area contributed by atoms with Crippen molar-refractivity contribution in [2.75, 3.05) is 31.5 Å². The van der Waals surface area contributed by atoms with Crippen molar-refractivity contribution in [3.63, 3.8) is 0 Å². The molecule has 1 fully saturated rings. The van der Waals surface area contributed by atoms with E-state index in [1.54, 1.807) is 0 Å². The number of nitrogens with zero attached hydrogens (tertiary/aromatic N) is 1. The predicted octanol–water partition coefficient (Wildman–Crippen LogP) is 3.52. The smallest absolute Gasteiger partial charge is 0.150 e. The van der Waals surface area contributed by atoms with E-state index in [1.807, 2.05) is 0 Å². The highest BCUT2D eigenvalue weighted by Gasteiger charge is 2.12. The number of nitrogens with one attached hydrogen (secondary N) is 1. The lowest BCUT2D eigenvalue weighted by molar-refractivity contribution is 0.337. The largest absolute Gasteiger partial charge is 0.381 e. The van der Waals surface area contributed by atoms with Crippen LogP contribution in [0.1, 0.15) is 19.3 Å². The number of halogens is 3. The predicted molar refractivity (Wildman–Crippen MR) is 70.1 cm³/mol. The Kier molecular flexibility index (Phi) is 4.78. The molecule has 1 aromatic carbocycles. The lowest BCUT2D eigenvalue weighted by atomic mass is 10.3. The van der Waals surface area contributed by atoms with Crippen molar-refractivity contribution in [2.45, 2.75) is 19.3 Å². The molecule has 0 amide bonds. The van der Waals surface area contributed by atoms with Crippen molar-refractivity contribution < 1.29 is 8.78 Å². The number of rotatable bonds is 5. The molecule has 0 spiro atoms. The summed E-state index contributed by atoms with van der Waals surface area (Å²) in [5.41, 5.74) is 0.194. The summed E-state index contributed by atoms with van der Waals surface area (Å²) in [6.45, 7) is 3.96. The topological polar surface area (TPSA) is 15.3 Å². The normalized spacial score (nSPS) is 16.2. The van der Waals surface area contributed by atoms with E-state index in [4.69, 9.17) is 11.6 Å². The average molecular weight is 275 g/mol. The highest BCUT2D eigenvalue weighted by Crippen LogP contribution is 2.26. The lowest BCUT2D eigenvalue weighted by Gasteiger charge is -2.15. The second-order valence-corrected chi connectivity index (χ2v) is 4.98. The molecule has 2 rings (SSSR count). The van der Waals surface area contributed by atoms with Crippen LogP contribution >= 0.6 is 11.6 Å². The Morgan fingerprint density at radius 3 is 2.61 bits per heavy atom. The maximum Gasteiger partial charge on any atom is 0.150 e. The summed E-state index contributed by atoms with van der Waals surface area (Å²) in [6, 6.07) is 1.96. The van der Waals surface area contributed by atoms with Gasteiger partial charge in [-0.25, -0.2) is 8.78 Å². The molecule has 0 bridgehead atoms. The summed E-state index contributed by atoms with van der Waals surface area (Å²) in [5.74, 6) is -1.29. The zero-order valence-electron chi connectivity index (χ0n) is 10.2. The van der Waals surface area contributed by atoms with Gasteiger partial charge in [0.15, 0.2) is 5.82 Å². The van der Waals surface area contributed by atoms with Gasteiger partial charge in [0.2, 0.25) is 0 Å². The van der Waals surface area contributed by atoms with Gasteiger partial charge in [0.05, 0.1) is 10.7 Å². The third-order valence-electron chi connectivity index (χ3n) is 3.16. The Balaban J connectivity index is 1.79. The molecule has 1 N–H and O–H groups in total. The minimum absolute atomic E-state index is 0.0914. The van der Waals surface area contributed by atoms with Crippen molar-refractivity contribution in [3.05, 3.63) is 28.8 Å². The van der Waals surface area contributed by atoms with E-state index in [1.165, 1.54) is 12.8 Å². The maximum absolute atomic E-state index is 13.4. The van der Waals surface area contributed by atoms with Crippen molar-refractivity contribution >= 4 is 17.3 Å². The first-order valence-electron chi connectivity index (χ1n) is 6.27. The van der Waals surface area contributed by atoms with Gasteiger partial charge in [-0.15, -0.1) is 0 Å². The van der Waals surface area contributed by atoms with Crippen LogP contribution in [0.5, 0.6) is 0 Å². The van der Waals surface area contributed by atoms with Gasteiger partial charge in [-0.3, -0.25) is 0 Å². The summed E-state index contributed by atoms with van der Waals surface area (Å²) >= 11 is 5.79. The molecule has 2 nitrogen and oxygen atoms in total. The van der Waals surface area contributed by atoms with E-state index in [0.717, 1.165) is 38.2 Å². The van der Waals surface area contributed by atoms with Gasteiger partial charge in [0, 0.05) is 12.6 Å². The Hall–Kier alpha value is -0.870. The minimum atomic E-state index is -0.653. The van der Waals surface area contributed by atoms with Crippen LogP contribution < -0.4 is 5.32 Å². The number of hydrogen-bond acceptors (Lipinski definition) is 2. The number of hydrogen-bond donors (Lipinski definition) is 1. The summed E-state index contributed by atoms with van der Waals surface area (Å²) in [7, 11) is 0. The van der Waals surface area contributed by atoms with Crippen LogP contribution in [-0.4, -0.2) is 31.1 Å². The van der Waals surface area contributed by atoms with Gasteiger partial charge in [-0.2, -0.15) is 0 Å². The van der Waals surface area contributed by atoms with Gasteiger partial charge in [-0.05, 0) is 45.0 Å². The molecule has 5 heteroatoms. The SMILES string of the molecule is Fc1cc(F)c(NCCCN2CCCC2)c(Cl)c1. The molecular weight excluding hydrogens is 258 g/mol. The van der Waals surface area contributed by atoms with Crippen LogP contribution in [0.15, 0.2) is 12.1 Å². The number of benzene rings is 1. The zero-order valence-corrected chi connectivity index (χ0v) is 10.9. The fraction of sp³-hybridized carbons (Fsp3) is 0.538. The molecule has 0 saturated carbocycles. The van der Waals surface area contributed by atoms with Crippen LogP contribution in [0.3, 0.4) is 0 Å². The summed E-state index contributed by atoms with van der Waals surface area (Å²) < 4.78 is 26.3. The average Bonchev–Trinajstić information content (AvgIpc) is 2.79. The fourth-order valence-electron chi connectivity index (χ4n) is 2.23. The highest BCUT2D eigenvalue weighted by atomic mass is 35.5. The third kappa shape index (κ3) is 3.56. The number of anilines is 1. The monoisotopic (exact) mass is 274 g/mol. The molecule has 1 saturated heterocycles. The van der Waals surface area contributed by atoms with Crippen molar-refractivity contribution in [1.82, 2.24) is 4.90 Å². The zero-order chi connectivity index (χ0) is 13.0. The van der Waals surface area contributed by atoms with Gasteiger partial charge in [-0.1, -0.05) is 11.6 Å². The van der Waals surface area contributed by atoms with E-state index in [9.17, 15) is 8.78 Å². The summed E-state index contributed by atoms with van der Waals surface area (Å²) in [5, 5.41) is 3.02. The number of likely N-dealkylation sites (tertiary alicyclic amines) is 1. The molecule has 0 aliphatic carbocycles. The van der Waals surface area contributed by atoms with E-state index >= 15 is 0 Å².